The number of hydrogen-bond donors (Lipinski definition) is 2. The highest BCUT2D eigenvalue weighted by atomic mass is 16.5. The summed E-state index contributed by atoms with van der Waals surface area (Å²) in [6.45, 7) is 5.02. The fourth-order valence-corrected chi connectivity index (χ4v) is 0.142. The molecule has 0 aliphatic rings. The van der Waals surface area contributed by atoms with E-state index in [1.807, 2.05) is 0 Å². The van der Waals surface area contributed by atoms with E-state index in [4.69, 9.17) is 5.11 Å². The van der Waals surface area contributed by atoms with Gasteiger partial charge in [0, 0.05) is 6.08 Å². The lowest BCUT2D eigenvalue weighted by molar-refractivity contribution is -0.131. The summed E-state index contributed by atoms with van der Waals surface area (Å²) < 4.78 is 4.18. The molecule has 0 aliphatic carbocycles. The standard InChI is InChI=1S/C3H7NO2.C3H4O2.CH4/c1-2-6-3(4)5;1-2-3(4)5;/h2H2,1H3,(H2,4,5);2H,1H2,(H,4,5);1H4. The molecule has 72 valence electrons. The molecule has 0 bridgehead atoms. The first-order valence-corrected chi connectivity index (χ1v) is 2.82. The van der Waals surface area contributed by atoms with E-state index in [-0.39, 0.29) is 7.43 Å². The zero-order valence-electron chi connectivity index (χ0n) is 6.24. The summed E-state index contributed by atoms with van der Waals surface area (Å²) in [7, 11) is 0. The third-order valence-electron chi connectivity index (χ3n) is 0.461. The molecular formula is C7H15NO4. The van der Waals surface area contributed by atoms with Crippen LogP contribution in [0.25, 0.3) is 0 Å². The van der Waals surface area contributed by atoms with Crippen LogP contribution >= 0.6 is 0 Å². The van der Waals surface area contributed by atoms with Crippen molar-refractivity contribution in [1.82, 2.24) is 0 Å². The van der Waals surface area contributed by atoms with Gasteiger partial charge in [0.1, 0.15) is 0 Å². The highest BCUT2D eigenvalue weighted by Gasteiger charge is 1.82. The van der Waals surface area contributed by atoms with Crippen molar-refractivity contribution in [1.29, 1.82) is 0 Å². The van der Waals surface area contributed by atoms with Crippen molar-refractivity contribution >= 4 is 12.1 Å². The minimum Gasteiger partial charge on any atom is -0.478 e. The molecule has 0 aromatic heterocycles. The van der Waals surface area contributed by atoms with Crippen molar-refractivity contribution < 1.29 is 19.4 Å². The minimum atomic E-state index is -0.981. The number of amides is 1. The van der Waals surface area contributed by atoms with Gasteiger partial charge in [0.15, 0.2) is 0 Å². The molecule has 0 saturated carbocycles. The summed E-state index contributed by atoms with van der Waals surface area (Å²) in [5.74, 6) is -0.981. The average molecular weight is 177 g/mol. The molecule has 0 heterocycles. The number of aliphatic carboxylic acids is 1. The van der Waals surface area contributed by atoms with E-state index >= 15 is 0 Å². The fourth-order valence-electron chi connectivity index (χ4n) is 0.142. The van der Waals surface area contributed by atoms with Crippen LogP contribution in [0.1, 0.15) is 14.4 Å². The van der Waals surface area contributed by atoms with E-state index in [2.05, 4.69) is 17.0 Å². The van der Waals surface area contributed by atoms with Crippen molar-refractivity contribution in [3.8, 4) is 0 Å². The molecule has 3 N–H and O–H groups in total. The van der Waals surface area contributed by atoms with E-state index in [0.29, 0.717) is 6.61 Å². The van der Waals surface area contributed by atoms with Crippen LogP contribution in [0, 0.1) is 0 Å². The number of carboxylic acid groups (broad SMARTS) is 1. The third kappa shape index (κ3) is 39.2. The fraction of sp³-hybridized carbons (Fsp3) is 0.429. The van der Waals surface area contributed by atoms with Gasteiger partial charge in [-0.25, -0.2) is 9.59 Å². The Kier molecular flexibility index (Phi) is 17.1. The molecule has 0 aromatic rings. The molecule has 0 aliphatic heterocycles. The van der Waals surface area contributed by atoms with E-state index in [1.165, 1.54) is 0 Å². The van der Waals surface area contributed by atoms with Crippen LogP contribution in [0.5, 0.6) is 0 Å². The van der Waals surface area contributed by atoms with Crippen molar-refractivity contribution in [3.63, 3.8) is 0 Å². The Balaban J connectivity index is -0.000000126. The maximum atomic E-state index is 9.60. The quantitative estimate of drug-likeness (QED) is 0.615. The van der Waals surface area contributed by atoms with Crippen molar-refractivity contribution in [2.45, 2.75) is 14.4 Å². The Morgan fingerprint density at radius 1 is 1.67 bits per heavy atom. The Morgan fingerprint density at radius 3 is 2.00 bits per heavy atom. The van der Waals surface area contributed by atoms with Crippen molar-refractivity contribution in [2.75, 3.05) is 6.61 Å². The first-order chi connectivity index (χ1) is 5.04. The SMILES string of the molecule is C.C=CC(=O)O.CCOC(N)=O. The molecule has 0 unspecified atom stereocenters. The van der Waals surface area contributed by atoms with E-state index < -0.39 is 12.1 Å². The van der Waals surface area contributed by atoms with Crippen LogP contribution in [0.3, 0.4) is 0 Å². The monoisotopic (exact) mass is 177 g/mol. The zero-order chi connectivity index (χ0) is 9.28. The summed E-state index contributed by atoms with van der Waals surface area (Å²) in [5, 5.41) is 7.60. The molecule has 12 heavy (non-hydrogen) atoms. The maximum Gasteiger partial charge on any atom is 0.404 e. The molecule has 0 spiro atoms. The smallest absolute Gasteiger partial charge is 0.404 e. The minimum absolute atomic E-state index is 0. The van der Waals surface area contributed by atoms with Crippen LogP contribution in [0.4, 0.5) is 4.79 Å². The second-order valence-electron chi connectivity index (χ2n) is 1.29. The lowest BCUT2D eigenvalue weighted by Gasteiger charge is -1.89. The molecule has 5 nitrogen and oxygen atoms in total. The van der Waals surface area contributed by atoms with Crippen molar-refractivity contribution in [3.05, 3.63) is 12.7 Å². The lowest BCUT2D eigenvalue weighted by atomic mass is 10.7. The number of carbonyl (C=O) groups excluding carboxylic acids is 1. The Labute approximate surface area is 71.8 Å². The number of nitrogens with two attached hydrogens (primary N) is 1. The van der Waals surface area contributed by atoms with E-state index in [9.17, 15) is 9.59 Å². The summed E-state index contributed by atoms with van der Waals surface area (Å²) in [6, 6.07) is 0. The Hall–Kier alpha value is -1.52. The molecule has 0 rings (SSSR count). The molecule has 0 saturated heterocycles. The highest BCUT2D eigenvalue weighted by Crippen LogP contribution is 1.66. The lowest BCUT2D eigenvalue weighted by Crippen LogP contribution is -2.11. The Morgan fingerprint density at radius 2 is 2.00 bits per heavy atom. The van der Waals surface area contributed by atoms with Crippen LogP contribution < -0.4 is 5.73 Å². The highest BCUT2D eigenvalue weighted by molar-refractivity contribution is 5.78. The summed E-state index contributed by atoms with van der Waals surface area (Å²) >= 11 is 0. The number of primary amides is 1. The molecule has 1 amide bonds. The van der Waals surface area contributed by atoms with Gasteiger partial charge in [-0.1, -0.05) is 14.0 Å². The zero-order valence-corrected chi connectivity index (χ0v) is 6.24. The first kappa shape index (κ1) is 16.8. The molecule has 0 fully saturated rings. The number of carbonyl (C=O) groups is 2. The van der Waals surface area contributed by atoms with Gasteiger partial charge in [0.05, 0.1) is 6.61 Å². The molecule has 0 aromatic carbocycles. The first-order valence-electron chi connectivity index (χ1n) is 2.82. The van der Waals surface area contributed by atoms with Gasteiger partial charge >= 0.3 is 12.1 Å². The summed E-state index contributed by atoms with van der Waals surface area (Å²) in [5.41, 5.74) is 4.54. The van der Waals surface area contributed by atoms with Crippen molar-refractivity contribution in [2.24, 2.45) is 5.73 Å². The van der Waals surface area contributed by atoms with Crippen LogP contribution in [-0.4, -0.2) is 23.8 Å². The van der Waals surface area contributed by atoms with Crippen LogP contribution in [0.15, 0.2) is 12.7 Å². The maximum absolute atomic E-state index is 9.60. The predicted octanol–water partition coefficient (Wildman–Crippen LogP) is 0.995. The van der Waals surface area contributed by atoms with Gasteiger partial charge in [-0.15, -0.1) is 0 Å². The second kappa shape index (κ2) is 12.2. The average Bonchev–Trinajstić information content (AvgIpc) is 1.89. The van der Waals surface area contributed by atoms with E-state index in [0.717, 1.165) is 6.08 Å². The second-order valence-corrected chi connectivity index (χ2v) is 1.29. The van der Waals surface area contributed by atoms with Gasteiger partial charge in [-0.05, 0) is 6.92 Å². The molecular weight excluding hydrogens is 162 g/mol. The number of rotatable bonds is 2. The molecule has 0 atom stereocenters. The van der Waals surface area contributed by atoms with E-state index in [1.54, 1.807) is 6.92 Å². The van der Waals surface area contributed by atoms with Gasteiger partial charge in [-0.3, -0.25) is 0 Å². The normalized spacial score (nSPS) is 6.42. The number of ether oxygens (including phenoxy) is 1. The Bertz CT molecular complexity index is 144. The van der Waals surface area contributed by atoms with Crippen LogP contribution in [-0.2, 0) is 9.53 Å². The molecule has 0 radical (unpaired) electrons. The van der Waals surface area contributed by atoms with Gasteiger partial charge in [-0.2, -0.15) is 0 Å². The van der Waals surface area contributed by atoms with Gasteiger partial charge in [0.25, 0.3) is 0 Å². The van der Waals surface area contributed by atoms with Gasteiger partial charge in [0.2, 0.25) is 0 Å². The third-order valence-corrected chi connectivity index (χ3v) is 0.461. The van der Waals surface area contributed by atoms with Crippen LogP contribution in [0.2, 0.25) is 0 Å². The predicted molar refractivity (Wildman–Crippen MR) is 45.8 cm³/mol. The molecule has 5 heteroatoms. The number of hydrogen-bond acceptors (Lipinski definition) is 3. The topological polar surface area (TPSA) is 89.6 Å². The largest absolute Gasteiger partial charge is 0.478 e. The van der Waals surface area contributed by atoms with Gasteiger partial charge < -0.3 is 15.6 Å². The summed E-state index contributed by atoms with van der Waals surface area (Å²) in [4.78, 5) is 18.8. The number of carboxylic acids is 1. The summed E-state index contributed by atoms with van der Waals surface area (Å²) in [6.07, 6.45) is 0.123.